The van der Waals surface area contributed by atoms with Crippen LogP contribution in [0.2, 0.25) is 0 Å². The Hall–Kier alpha value is -3.36. The van der Waals surface area contributed by atoms with E-state index < -0.39 is 24.5 Å². The summed E-state index contributed by atoms with van der Waals surface area (Å²) < 4.78 is 58.6. The van der Waals surface area contributed by atoms with Gasteiger partial charge in [-0.1, -0.05) is 6.92 Å². The first-order chi connectivity index (χ1) is 14.0. The highest BCUT2D eigenvalue weighted by Crippen LogP contribution is 2.33. The second kappa shape index (κ2) is 7.57. The van der Waals surface area contributed by atoms with Gasteiger partial charge in [-0.3, -0.25) is 4.57 Å². The molecule has 1 aliphatic heterocycles. The highest BCUT2D eigenvalue weighted by molar-refractivity contribution is 5.80. The van der Waals surface area contributed by atoms with Crippen molar-refractivity contribution < 1.29 is 22.3 Å². The molecular formula is C20H16F4N4O. The summed E-state index contributed by atoms with van der Waals surface area (Å²) in [7, 11) is 0. The van der Waals surface area contributed by atoms with Gasteiger partial charge in [0, 0.05) is 24.4 Å². The predicted molar refractivity (Wildman–Crippen MR) is 101 cm³/mol. The third kappa shape index (κ3) is 3.67. The lowest BCUT2D eigenvalue weighted by Crippen LogP contribution is -2.30. The molecule has 1 aliphatic rings. The molecule has 3 aromatic rings. The van der Waals surface area contributed by atoms with Crippen molar-refractivity contribution in [1.82, 2.24) is 9.55 Å². The first-order valence-corrected chi connectivity index (χ1v) is 8.86. The van der Waals surface area contributed by atoms with Gasteiger partial charge in [-0.2, -0.15) is 8.78 Å². The Morgan fingerprint density at radius 3 is 2.55 bits per heavy atom. The number of halogens is 4. The van der Waals surface area contributed by atoms with Gasteiger partial charge in [0.05, 0.1) is 17.2 Å². The number of ether oxygens (including phenoxy) is 1. The van der Waals surface area contributed by atoms with Gasteiger partial charge in [0.25, 0.3) is 0 Å². The topological polar surface area (TPSA) is 42.7 Å². The van der Waals surface area contributed by atoms with Crippen LogP contribution in [-0.4, -0.2) is 22.4 Å². The van der Waals surface area contributed by atoms with Crippen LogP contribution in [0.4, 0.5) is 23.2 Å². The molecule has 2 heterocycles. The number of nitrogens with zero attached hydrogens (tertiary/aromatic N) is 4. The maximum Gasteiger partial charge on any atom is 0.387 e. The fraction of sp³-hybridized carbons (Fsp3) is 0.200. The molecule has 0 saturated carbocycles. The number of anilines is 1. The highest BCUT2D eigenvalue weighted by Gasteiger charge is 2.26. The Kier molecular flexibility index (Phi) is 4.96. The lowest BCUT2D eigenvalue weighted by molar-refractivity contribution is -0.0498. The Labute approximate surface area is 163 Å². The van der Waals surface area contributed by atoms with Crippen molar-refractivity contribution in [2.45, 2.75) is 26.2 Å². The van der Waals surface area contributed by atoms with E-state index in [1.807, 2.05) is 6.92 Å². The second-order valence-electron chi connectivity index (χ2n) is 6.30. The average Bonchev–Trinajstić information content (AvgIpc) is 3.05. The van der Waals surface area contributed by atoms with Crippen molar-refractivity contribution in [2.24, 2.45) is 4.99 Å². The van der Waals surface area contributed by atoms with E-state index in [1.54, 1.807) is 15.5 Å². The van der Waals surface area contributed by atoms with E-state index in [0.717, 1.165) is 6.21 Å². The zero-order chi connectivity index (χ0) is 20.5. The standard InChI is InChI=1S/C20H16F4N4O/c1-2-18-26-16-9-12(21)3-8-17(16)28(18)20-25-10-13(22)11-27(20)14-4-6-15(7-5-14)29-19(23)24/h3-11,19-20H,2H2,1H3. The van der Waals surface area contributed by atoms with Crippen molar-refractivity contribution in [3.05, 3.63) is 66.1 Å². The number of aromatic nitrogens is 2. The smallest absolute Gasteiger partial charge is 0.387 e. The molecule has 2 aromatic carbocycles. The fourth-order valence-corrected chi connectivity index (χ4v) is 3.27. The molecule has 0 aliphatic carbocycles. The average molecular weight is 404 g/mol. The number of hydrogen-bond acceptors (Lipinski definition) is 4. The van der Waals surface area contributed by atoms with E-state index in [2.05, 4.69) is 14.7 Å². The van der Waals surface area contributed by atoms with Crippen molar-refractivity contribution in [1.29, 1.82) is 0 Å². The normalized spacial score (nSPS) is 16.6. The summed E-state index contributed by atoms with van der Waals surface area (Å²) in [4.78, 5) is 10.3. The van der Waals surface area contributed by atoms with Crippen LogP contribution in [0.5, 0.6) is 5.75 Å². The van der Waals surface area contributed by atoms with Crippen LogP contribution in [0.25, 0.3) is 11.0 Å². The lowest BCUT2D eigenvalue weighted by Gasteiger charge is -2.32. The summed E-state index contributed by atoms with van der Waals surface area (Å²) in [6, 6.07) is 10.0. The van der Waals surface area contributed by atoms with Crippen LogP contribution in [-0.2, 0) is 6.42 Å². The number of rotatable bonds is 5. The SMILES string of the molecule is CCc1nc2cc(F)ccc2n1C1N=CC(F)=CN1c1ccc(OC(F)F)cc1. The summed E-state index contributed by atoms with van der Waals surface area (Å²) in [5.41, 5.74) is 1.62. The Morgan fingerprint density at radius 1 is 1.10 bits per heavy atom. The van der Waals surface area contributed by atoms with E-state index in [9.17, 15) is 17.6 Å². The summed E-state index contributed by atoms with van der Waals surface area (Å²) in [5, 5.41) is 0. The molecule has 0 radical (unpaired) electrons. The van der Waals surface area contributed by atoms with Gasteiger partial charge in [-0.25, -0.2) is 18.8 Å². The number of fused-ring (bicyclic) bond motifs is 1. The first-order valence-electron chi connectivity index (χ1n) is 8.86. The van der Waals surface area contributed by atoms with E-state index in [1.165, 1.54) is 42.6 Å². The molecule has 9 heteroatoms. The molecule has 0 bridgehead atoms. The van der Waals surface area contributed by atoms with Crippen molar-refractivity contribution >= 4 is 22.9 Å². The molecule has 0 spiro atoms. The Morgan fingerprint density at radius 2 is 1.86 bits per heavy atom. The maximum absolute atomic E-state index is 14.0. The van der Waals surface area contributed by atoms with E-state index in [0.29, 0.717) is 29.0 Å². The van der Waals surface area contributed by atoms with Gasteiger partial charge in [0.1, 0.15) is 17.4 Å². The number of hydrogen-bond donors (Lipinski definition) is 0. The molecule has 1 aromatic heterocycles. The van der Waals surface area contributed by atoms with Crippen LogP contribution < -0.4 is 9.64 Å². The minimum absolute atomic E-state index is 0.0111. The lowest BCUT2D eigenvalue weighted by atomic mass is 10.2. The van der Waals surface area contributed by atoms with Crippen molar-refractivity contribution in [3.63, 3.8) is 0 Å². The molecule has 150 valence electrons. The van der Waals surface area contributed by atoms with Crippen LogP contribution in [0.15, 0.2) is 59.5 Å². The predicted octanol–water partition coefficient (Wildman–Crippen LogP) is 5.20. The molecular weight excluding hydrogens is 388 g/mol. The monoisotopic (exact) mass is 404 g/mol. The summed E-state index contributed by atoms with van der Waals surface area (Å²) in [5.74, 6) is -0.341. The molecule has 4 rings (SSSR count). The molecule has 0 fully saturated rings. The third-order valence-corrected chi connectivity index (χ3v) is 4.47. The van der Waals surface area contributed by atoms with Crippen LogP contribution >= 0.6 is 0 Å². The molecule has 0 N–H and O–H groups in total. The number of imidazole rings is 1. The zero-order valence-corrected chi connectivity index (χ0v) is 15.3. The number of benzene rings is 2. The Bertz CT molecular complexity index is 1090. The largest absolute Gasteiger partial charge is 0.435 e. The molecule has 0 amide bonds. The fourth-order valence-electron chi connectivity index (χ4n) is 3.27. The van der Waals surface area contributed by atoms with Gasteiger partial charge in [-0.05, 0) is 36.4 Å². The number of aliphatic imine (C=N–C) groups is 1. The van der Waals surface area contributed by atoms with Crippen molar-refractivity contribution in [3.8, 4) is 5.75 Å². The second-order valence-corrected chi connectivity index (χ2v) is 6.30. The van der Waals surface area contributed by atoms with Crippen LogP contribution in [0.1, 0.15) is 19.0 Å². The quantitative estimate of drug-likeness (QED) is 0.549. The van der Waals surface area contributed by atoms with Gasteiger partial charge >= 0.3 is 6.61 Å². The van der Waals surface area contributed by atoms with Crippen LogP contribution in [0, 0.1) is 5.82 Å². The number of alkyl halides is 2. The number of aryl methyl sites for hydroxylation is 1. The maximum atomic E-state index is 14.0. The highest BCUT2D eigenvalue weighted by atomic mass is 19.3. The first kappa shape index (κ1) is 19.0. The zero-order valence-electron chi connectivity index (χ0n) is 15.3. The van der Waals surface area contributed by atoms with Crippen molar-refractivity contribution in [2.75, 3.05) is 4.90 Å². The van der Waals surface area contributed by atoms with Gasteiger partial charge in [0.2, 0.25) is 6.29 Å². The summed E-state index contributed by atoms with van der Waals surface area (Å²) in [6.45, 7) is -1.03. The van der Waals surface area contributed by atoms with E-state index >= 15 is 0 Å². The van der Waals surface area contributed by atoms with Gasteiger partial charge in [0.15, 0.2) is 5.83 Å². The van der Waals surface area contributed by atoms with Gasteiger partial charge in [-0.15, -0.1) is 0 Å². The minimum atomic E-state index is -2.93. The Balaban J connectivity index is 1.78. The van der Waals surface area contributed by atoms with E-state index in [-0.39, 0.29) is 5.75 Å². The minimum Gasteiger partial charge on any atom is -0.435 e. The molecule has 1 unspecified atom stereocenters. The summed E-state index contributed by atoms with van der Waals surface area (Å²) in [6.07, 6.45) is 2.19. The molecule has 5 nitrogen and oxygen atoms in total. The number of allylic oxidation sites excluding steroid dienone is 1. The molecule has 29 heavy (non-hydrogen) atoms. The van der Waals surface area contributed by atoms with E-state index in [4.69, 9.17) is 0 Å². The third-order valence-electron chi connectivity index (χ3n) is 4.47. The summed E-state index contributed by atoms with van der Waals surface area (Å²) >= 11 is 0. The molecule has 0 saturated heterocycles. The van der Waals surface area contributed by atoms with Crippen LogP contribution in [0.3, 0.4) is 0 Å². The molecule has 1 atom stereocenters. The van der Waals surface area contributed by atoms with Gasteiger partial charge < -0.3 is 9.64 Å².